The maximum absolute atomic E-state index is 5.81. The van der Waals surface area contributed by atoms with Gasteiger partial charge in [-0.2, -0.15) is 0 Å². The van der Waals surface area contributed by atoms with Crippen LogP contribution >= 0.6 is 11.6 Å². The van der Waals surface area contributed by atoms with Crippen LogP contribution in [0.1, 0.15) is 26.2 Å². The summed E-state index contributed by atoms with van der Waals surface area (Å²) in [4.78, 5) is 6.17. The van der Waals surface area contributed by atoms with Crippen LogP contribution in [-0.2, 0) is 0 Å². The summed E-state index contributed by atoms with van der Waals surface area (Å²) in [6, 6.07) is 3.88. The van der Waals surface area contributed by atoms with Gasteiger partial charge in [-0.25, -0.2) is 4.98 Å². The maximum Gasteiger partial charge on any atom is 0.131 e. The summed E-state index contributed by atoms with van der Waals surface area (Å²) >= 11 is 5.81. The number of halogens is 1. The Morgan fingerprint density at radius 1 is 1.43 bits per heavy atom. The molecule has 3 heteroatoms. The molecule has 0 aromatic carbocycles. The summed E-state index contributed by atoms with van der Waals surface area (Å²) < 4.78 is 0. The summed E-state index contributed by atoms with van der Waals surface area (Å²) in [6.45, 7) is 3.29. The van der Waals surface area contributed by atoms with Crippen LogP contribution in [0, 0.1) is 0 Å². The van der Waals surface area contributed by atoms with E-state index in [1.165, 1.54) is 19.3 Å². The Kier molecular flexibility index (Phi) is 4.74. The van der Waals surface area contributed by atoms with Gasteiger partial charge in [0.25, 0.3) is 0 Å². The highest BCUT2D eigenvalue weighted by atomic mass is 35.5. The average Bonchev–Trinajstić information content (AvgIpc) is 2.18. The molecule has 1 rings (SSSR count). The van der Waals surface area contributed by atoms with Gasteiger partial charge in [-0.05, 0) is 18.6 Å². The van der Waals surface area contributed by atoms with E-state index in [1.807, 2.05) is 12.1 Å². The lowest BCUT2D eigenvalue weighted by Crippen LogP contribution is -2.18. The smallest absolute Gasteiger partial charge is 0.131 e. The second-order valence-corrected chi connectivity index (χ2v) is 3.85. The fourth-order valence-electron chi connectivity index (χ4n) is 1.36. The first-order valence-corrected chi connectivity index (χ1v) is 5.44. The van der Waals surface area contributed by atoms with Gasteiger partial charge in [-0.3, -0.25) is 0 Å². The molecule has 0 aliphatic rings. The lowest BCUT2D eigenvalue weighted by molar-refractivity contribution is 0.705. The molecule has 0 aliphatic carbocycles. The first-order chi connectivity index (χ1) is 6.74. The Morgan fingerprint density at radius 3 is 2.86 bits per heavy atom. The monoisotopic (exact) mass is 212 g/mol. The number of nitrogens with zero attached hydrogens (tertiary/aromatic N) is 2. The Bertz CT molecular complexity index is 276. The van der Waals surface area contributed by atoms with Gasteiger partial charge in [0.05, 0.1) is 0 Å². The lowest BCUT2D eigenvalue weighted by atomic mass is 10.2. The molecule has 1 heterocycles. The van der Waals surface area contributed by atoms with Crippen molar-refractivity contribution in [1.82, 2.24) is 4.98 Å². The Labute approximate surface area is 90.9 Å². The van der Waals surface area contributed by atoms with Crippen LogP contribution in [0.2, 0.25) is 5.15 Å². The maximum atomic E-state index is 5.81. The number of unbranched alkanes of at least 4 members (excludes halogenated alkanes) is 2. The number of hydrogen-bond acceptors (Lipinski definition) is 2. The summed E-state index contributed by atoms with van der Waals surface area (Å²) in [5.74, 6) is 0. The fraction of sp³-hybridized carbons (Fsp3) is 0.545. The molecule has 78 valence electrons. The summed E-state index contributed by atoms with van der Waals surface area (Å²) in [7, 11) is 2.08. The summed E-state index contributed by atoms with van der Waals surface area (Å²) in [5.41, 5.74) is 1.14. The van der Waals surface area contributed by atoms with E-state index in [2.05, 4.69) is 23.9 Å². The highest BCUT2D eigenvalue weighted by Gasteiger charge is 2.00. The first kappa shape index (κ1) is 11.3. The highest BCUT2D eigenvalue weighted by Crippen LogP contribution is 2.16. The molecule has 0 saturated heterocycles. The topological polar surface area (TPSA) is 16.1 Å². The van der Waals surface area contributed by atoms with E-state index in [1.54, 1.807) is 6.20 Å². The van der Waals surface area contributed by atoms with E-state index in [4.69, 9.17) is 11.6 Å². The van der Waals surface area contributed by atoms with Crippen LogP contribution < -0.4 is 4.90 Å². The second kappa shape index (κ2) is 5.86. The average molecular weight is 213 g/mol. The van der Waals surface area contributed by atoms with Crippen molar-refractivity contribution in [3.8, 4) is 0 Å². The van der Waals surface area contributed by atoms with Gasteiger partial charge >= 0.3 is 0 Å². The number of hydrogen-bond donors (Lipinski definition) is 0. The predicted molar refractivity (Wildman–Crippen MR) is 62.0 cm³/mol. The van der Waals surface area contributed by atoms with Gasteiger partial charge in [-0.1, -0.05) is 31.4 Å². The van der Waals surface area contributed by atoms with Crippen molar-refractivity contribution < 1.29 is 0 Å². The minimum atomic E-state index is 0.560. The molecule has 0 fully saturated rings. The zero-order valence-electron chi connectivity index (χ0n) is 8.83. The Balaban J connectivity index is 2.47. The third kappa shape index (κ3) is 3.54. The normalized spacial score (nSPS) is 10.2. The van der Waals surface area contributed by atoms with Crippen molar-refractivity contribution in [2.75, 3.05) is 18.5 Å². The fourth-order valence-corrected chi connectivity index (χ4v) is 1.53. The number of pyridine rings is 1. The Morgan fingerprint density at radius 2 is 2.21 bits per heavy atom. The molecule has 0 amide bonds. The van der Waals surface area contributed by atoms with Crippen LogP contribution in [0.3, 0.4) is 0 Å². The molecule has 2 nitrogen and oxygen atoms in total. The van der Waals surface area contributed by atoms with Crippen molar-refractivity contribution in [3.05, 3.63) is 23.5 Å². The van der Waals surface area contributed by atoms with Crippen LogP contribution in [0.15, 0.2) is 18.3 Å². The van der Waals surface area contributed by atoms with Crippen molar-refractivity contribution in [1.29, 1.82) is 0 Å². The SMILES string of the molecule is CCCCCN(C)c1ccnc(Cl)c1. The van der Waals surface area contributed by atoms with Crippen molar-refractivity contribution in [2.45, 2.75) is 26.2 Å². The van der Waals surface area contributed by atoms with E-state index in [-0.39, 0.29) is 0 Å². The molecule has 0 aliphatic heterocycles. The second-order valence-electron chi connectivity index (χ2n) is 3.47. The van der Waals surface area contributed by atoms with Crippen molar-refractivity contribution in [2.24, 2.45) is 0 Å². The molecule has 0 spiro atoms. The number of anilines is 1. The van der Waals surface area contributed by atoms with Crippen LogP contribution in [0.5, 0.6) is 0 Å². The number of aromatic nitrogens is 1. The van der Waals surface area contributed by atoms with Gasteiger partial charge < -0.3 is 4.90 Å². The molecule has 0 saturated carbocycles. The largest absolute Gasteiger partial charge is 0.374 e. The molecule has 0 atom stereocenters. The van der Waals surface area contributed by atoms with Crippen LogP contribution in [0.25, 0.3) is 0 Å². The molecule has 0 unspecified atom stereocenters. The molecular weight excluding hydrogens is 196 g/mol. The van der Waals surface area contributed by atoms with E-state index < -0.39 is 0 Å². The minimum absolute atomic E-state index is 0.560. The summed E-state index contributed by atoms with van der Waals surface area (Å²) in [6.07, 6.45) is 5.51. The standard InChI is InChI=1S/C11H17ClN2/c1-3-4-5-8-14(2)10-6-7-13-11(12)9-10/h6-7,9H,3-5,8H2,1-2H3. The predicted octanol–water partition coefficient (Wildman–Crippen LogP) is 3.36. The molecule has 0 bridgehead atoms. The zero-order chi connectivity index (χ0) is 10.4. The van der Waals surface area contributed by atoms with E-state index in [0.29, 0.717) is 5.15 Å². The molecule has 0 radical (unpaired) electrons. The zero-order valence-corrected chi connectivity index (χ0v) is 9.59. The molecule has 1 aromatic rings. The first-order valence-electron chi connectivity index (χ1n) is 5.06. The molecule has 1 aromatic heterocycles. The van der Waals surface area contributed by atoms with Gasteiger partial charge in [-0.15, -0.1) is 0 Å². The molecular formula is C11H17ClN2. The number of rotatable bonds is 5. The highest BCUT2D eigenvalue weighted by molar-refractivity contribution is 6.29. The quantitative estimate of drug-likeness (QED) is 0.550. The third-order valence-electron chi connectivity index (χ3n) is 2.25. The van der Waals surface area contributed by atoms with Gasteiger partial charge in [0, 0.05) is 25.5 Å². The molecule has 0 N–H and O–H groups in total. The van der Waals surface area contributed by atoms with Crippen LogP contribution in [0.4, 0.5) is 5.69 Å². The molecule has 14 heavy (non-hydrogen) atoms. The van der Waals surface area contributed by atoms with E-state index >= 15 is 0 Å². The van der Waals surface area contributed by atoms with Crippen LogP contribution in [-0.4, -0.2) is 18.6 Å². The van der Waals surface area contributed by atoms with Gasteiger partial charge in [0.1, 0.15) is 5.15 Å². The third-order valence-corrected chi connectivity index (χ3v) is 2.45. The lowest BCUT2D eigenvalue weighted by Gasteiger charge is -2.18. The minimum Gasteiger partial charge on any atom is -0.374 e. The van der Waals surface area contributed by atoms with Gasteiger partial charge in [0.2, 0.25) is 0 Å². The van der Waals surface area contributed by atoms with Crippen molar-refractivity contribution >= 4 is 17.3 Å². The van der Waals surface area contributed by atoms with E-state index in [0.717, 1.165) is 12.2 Å². The van der Waals surface area contributed by atoms with E-state index in [9.17, 15) is 0 Å². The van der Waals surface area contributed by atoms with Crippen molar-refractivity contribution in [3.63, 3.8) is 0 Å². The summed E-state index contributed by atoms with van der Waals surface area (Å²) in [5, 5.41) is 0.560. The Hall–Kier alpha value is -0.760. The van der Waals surface area contributed by atoms with Gasteiger partial charge in [0.15, 0.2) is 0 Å².